The standard InChI is InChI=1S/C15H17N3O3S/c1-10(2)11-5-6-13-14(8-11)22(19,20)18-15(17-13)16-9-12-4-3-7-21-12/h3-8,10H,9H2,1-2H3,(H2,16,17,18). The second kappa shape index (κ2) is 5.49. The van der Waals surface area contributed by atoms with E-state index in [9.17, 15) is 8.42 Å². The largest absolute Gasteiger partial charge is 0.467 e. The number of hydrogen-bond acceptors (Lipinski definition) is 4. The SMILES string of the molecule is CC(C)c1ccc2c(c1)S(=O)(=O)NC(=NCc1ccco1)N2. The predicted molar refractivity (Wildman–Crippen MR) is 84.3 cm³/mol. The van der Waals surface area contributed by atoms with Crippen LogP contribution in [0.15, 0.2) is 50.9 Å². The van der Waals surface area contributed by atoms with Gasteiger partial charge in [0, 0.05) is 0 Å². The summed E-state index contributed by atoms with van der Waals surface area (Å²) >= 11 is 0. The Balaban J connectivity index is 1.92. The van der Waals surface area contributed by atoms with Crippen molar-refractivity contribution in [1.29, 1.82) is 0 Å². The first kappa shape index (κ1) is 14.6. The lowest BCUT2D eigenvalue weighted by molar-refractivity contribution is 0.512. The third kappa shape index (κ3) is 2.85. The number of furan rings is 1. The van der Waals surface area contributed by atoms with Gasteiger partial charge in [0.25, 0.3) is 10.0 Å². The van der Waals surface area contributed by atoms with E-state index >= 15 is 0 Å². The lowest BCUT2D eigenvalue weighted by Crippen LogP contribution is -2.40. The highest BCUT2D eigenvalue weighted by molar-refractivity contribution is 7.90. The maximum Gasteiger partial charge on any atom is 0.266 e. The van der Waals surface area contributed by atoms with Crippen LogP contribution < -0.4 is 10.0 Å². The van der Waals surface area contributed by atoms with Gasteiger partial charge in [-0.05, 0) is 35.7 Å². The van der Waals surface area contributed by atoms with Crippen LogP contribution in [0.3, 0.4) is 0 Å². The molecule has 0 atom stereocenters. The van der Waals surface area contributed by atoms with Gasteiger partial charge in [-0.15, -0.1) is 0 Å². The van der Waals surface area contributed by atoms with Gasteiger partial charge in [0.05, 0.1) is 12.0 Å². The molecular formula is C15H17N3O3S. The molecule has 0 aliphatic carbocycles. The van der Waals surface area contributed by atoms with E-state index in [-0.39, 0.29) is 23.3 Å². The van der Waals surface area contributed by atoms with Crippen molar-refractivity contribution in [3.8, 4) is 0 Å². The molecule has 2 aromatic rings. The molecule has 0 radical (unpaired) electrons. The first-order valence-electron chi connectivity index (χ1n) is 6.96. The predicted octanol–water partition coefficient (Wildman–Crippen LogP) is 2.66. The molecule has 3 rings (SSSR count). The first-order valence-corrected chi connectivity index (χ1v) is 8.44. The monoisotopic (exact) mass is 319 g/mol. The number of fused-ring (bicyclic) bond motifs is 1. The van der Waals surface area contributed by atoms with Crippen molar-refractivity contribution in [3.05, 3.63) is 47.9 Å². The van der Waals surface area contributed by atoms with E-state index < -0.39 is 10.0 Å². The molecule has 0 saturated heterocycles. The van der Waals surface area contributed by atoms with Gasteiger partial charge in [-0.2, -0.15) is 0 Å². The molecule has 1 aliphatic rings. The fourth-order valence-electron chi connectivity index (χ4n) is 2.19. The summed E-state index contributed by atoms with van der Waals surface area (Å²) in [4.78, 5) is 4.45. The van der Waals surface area contributed by atoms with Crippen LogP contribution in [-0.4, -0.2) is 14.4 Å². The number of aliphatic imine (C=N–C) groups is 1. The van der Waals surface area contributed by atoms with Gasteiger partial charge < -0.3 is 9.73 Å². The van der Waals surface area contributed by atoms with E-state index in [1.54, 1.807) is 30.5 Å². The molecule has 0 bridgehead atoms. The van der Waals surface area contributed by atoms with Crippen LogP contribution in [0.4, 0.5) is 5.69 Å². The van der Waals surface area contributed by atoms with Gasteiger partial charge in [0.2, 0.25) is 5.96 Å². The molecule has 0 fully saturated rings. The van der Waals surface area contributed by atoms with Crippen LogP contribution in [-0.2, 0) is 16.6 Å². The van der Waals surface area contributed by atoms with Gasteiger partial charge in [0.15, 0.2) is 0 Å². The van der Waals surface area contributed by atoms with Crippen molar-refractivity contribution < 1.29 is 12.8 Å². The minimum Gasteiger partial charge on any atom is -0.467 e. The first-order chi connectivity index (χ1) is 10.5. The maximum absolute atomic E-state index is 12.4. The average molecular weight is 319 g/mol. The summed E-state index contributed by atoms with van der Waals surface area (Å²) in [6, 6.07) is 8.92. The molecule has 6 nitrogen and oxygen atoms in total. The summed E-state index contributed by atoms with van der Waals surface area (Å²) in [5.74, 6) is 1.12. The normalized spacial score (nSPS) is 17.9. The highest BCUT2D eigenvalue weighted by Crippen LogP contribution is 2.28. The molecular weight excluding hydrogens is 302 g/mol. The van der Waals surface area contributed by atoms with Gasteiger partial charge in [-0.3, -0.25) is 0 Å². The number of hydrogen-bond donors (Lipinski definition) is 2. The molecule has 0 saturated carbocycles. The lowest BCUT2D eigenvalue weighted by atomic mass is 10.0. The Labute approximate surface area is 129 Å². The van der Waals surface area contributed by atoms with E-state index in [0.717, 1.165) is 5.56 Å². The second-order valence-corrected chi connectivity index (χ2v) is 7.04. The number of nitrogens with one attached hydrogen (secondary N) is 2. The number of nitrogens with zero attached hydrogens (tertiary/aromatic N) is 1. The fourth-order valence-corrected chi connectivity index (χ4v) is 3.37. The summed E-state index contributed by atoms with van der Waals surface area (Å²) in [5.41, 5.74) is 1.50. The van der Waals surface area contributed by atoms with Crippen LogP contribution in [0.2, 0.25) is 0 Å². The molecule has 1 aliphatic heterocycles. The Morgan fingerprint density at radius 1 is 1.27 bits per heavy atom. The summed E-state index contributed by atoms with van der Waals surface area (Å²) in [5, 5.41) is 3.00. The van der Waals surface area contributed by atoms with E-state index in [2.05, 4.69) is 15.0 Å². The number of rotatable bonds is 3. The van der Waals surface area contributed by atoms with Crippen molar-refractivity contribution in [3.63, 3.8) is 0 Å². The Morgan fingerprint density at radius 3 is 2.77 bits per heavy atom. The van der Waals surface area contributed by atoms with Crippen LogP contribution in [0.25, 0.3) is 0 Å². The van der Waals surface area contributed by atoms with Crippen molar-refractivity contribution in [2.75, 3.05) is 5.32 Å². The highest BCUT2D eigenvalue weighted by Gasteiger charge is 2.27. The van der Waals surface area contributed by atoms with E-state index in [1.807, 2.05) is 19.9 Å². The number of benzene rings is 1. The molecule has 0 unspecified atom stereocenters. The second-order valence-electron chi connectivity index (χ2n) is 5.38. The quantitative estimate of drug-likeness (QED) is 0.911. The zero-order valence-electron chi connectivity index (χ0n) is 12.3. The van der Waals surface area contributed by atoms with E-state index in [0.29, 0.717) is 11.4 Å². The minimum atomic E-state index is -3.61. The zero-order chi connectivity index (χ0) is 15.7. The summed E-state index contributed by atoms with van der Waals surface area (Å²) in [7, 11) is -3.61. The van der Waals surface area contributed by atoms with Crippen LogP contribution >= 0.6 is 0 Å². The lowest BCUT2D eigenvalue weighted by Gasteiger charge is -2.22. The van der Waals surface area contributed by atoms with Crippen molar-refractivity contribution in [2.24, 2.45) is 4.99 Å². The van der Waals surface area contributed by atoms with Crippen LogP contribution in [0.1, 0.15) is 31.1 Å². The summed E-state index contributed by atoms with van der Waals surface area (Å²) in [6.45, 7) is 4.31. The fraction of sp³-hybridized carbons (Fsp3) is 0.267. The Hall–Kier alpha value is -2.28. The Bertz CT molecular complexity index is 809. The third-order valence-corrected chi connectivity index (χ3v) is 4.80. The van der Waals surface area contributed by atoms with Crippen LogP contribution in [0.5, 0.6) is 0 Å². The van der Waals surface area contributed by atoms with Crippen LogP contribution in [0, 0.1) is 0 Å². The van der Waals surface area contributed by atoms with Crippen molar-refractivity contribution in [2.45, 2.75) is 31.2 Å². The highest BCUT2D eigenvalue weighted by atomic mass is 32.2. The van der Waals surface area contributed by atoms with Gasteiger partial charge >= 0.3 is 0 Å². The molecule has 1 aromatic heterocycles. The van der Waals surface area contributed by atoms with Gasteiger partial charge in [0.1, 0.15) is 17.2 Å². The summed E-state index contributed by atoms with van der Waals surface area (Å²) < 4.78 is 32.4. The van der Waals surface area contributed by atoms with E-state index in [4.69, 9.17) is 4.42 Å². The smallest absolute Gasteiger partial charge is 0.266 e. The third-order valence-electron chi connectivity index (χ3n) is 3.42. The topological polar surface area (TPSA) is 83.7 Å². The Morgan fingerprint density at radius 2 is 2.09 bits per heavy atom. The van der Waals surface area contributed by atoms with Crippen molar-refractivity contribution in [1.82, 2.24) is 4.72 Å². The zero-order valence-corrected chi connectivity index (χ0v) is 13.1. The Kier molecular flexibility index (Phi) is 3.66. The molecule has 1 aromatic carbocycles. The molecule has 116 valence electrons. The number of anilines is 1. The molecule has 2 N–H and O–H groups in total. The number of sulfonamides is 1. The molecule has 2 heterocycles. The summed E-state index contributed by atoms with van der Waals surface area (Å²) in [6.07, 6.45) is 1.55. The van der Waals surface area contributed by atoms with Crippen molar-refractivity contribution >= 4 is 21.7 Å². The van der Waals surface area contributed by atoms with Gasteiger partial charge in [-0.25, -0.2) is 18.1 Å². The molecule has 0 amide bonds. The maximum atomic E-state index is 12.4. The van der Waals surface area contributed by atoms with E-state index in [1.165, 1.54) is 0 Å². The molecule has 0 spiro atoms. The van der Waals surface area contributed by atoms with Gasteiger partial charge in [-0.1, -0.05) is 19.9 Å². The minimum absolute atomic E-state index is 0.196. The molecule has 7 heteroatoms. The average Bonchev–Trinajstić information content (AvgIpc) is 2.97. The number of guanidine groups is 1. The molecule has 22 heavy (non-hydrogen) atoms.